The zero-order chi connectivity index (χ0) is 26.5. The number of nitrogens with one attached hydrogen (secondary N) is 2. The van der Waals surface area contributed by atoms with Crippen LogP contribution in [0.1, 0.15) is 39.9 Å². The third-order valence-corrected chi connectivity index (χ3v) is 9.57. The van der Waals surface area contributed by atoms with Gasteiger partial charge >= 0.3 is 0 Å². The summed E-state index contributed by atoms with van der Waals surface area (Å²) < 4.78 is 0. The average molecular weight is 514 g/mol. The van der Waals surface area contributed by atoms with Crippen LogP contribution in [0.3, 0.4) is 0 Å². The number of ketones is 1. The van der Waals surface area contributed by atoms with Crippen molar-refractivity contribution in [3.8, 4) is 0 Å². The SMILES string of the molecule is Cc1ccc2c(c1)[C@]1(C(=O)N2)N2CCC[C@@H]2[C@@H](C(=O)c2ccc3ccccc3c2)[C@]12C(=O)Nc1ccccc12. The number of hydrogen-bond donors (Lipinski definition) is 2. The average Bonchev–Trinajstić information content (AvgIpc) is 3.67. The Labute approximate surface area is 226 Å². The molecule has 0 aliphatic carbocycles. The highest BCUT2D eigenvalue weighted by Crippen LogP contribution is 2.67. The number of amides is 2. The van der Waals surface area contributed by atoms with E-state index in [1.807, 2.05) is 91.9 Å². The lowest BCUT2D eigenvalue weighted by atomic mass is 9.57. The van der Waals surface area contributed by atoms with Gasteiger partial charge in [0.1, 0.15) is 11.0 Å². The number of para-hydroxylation sites is 1. The molecule has 0 bridgehead atoms. The van der Waals surface area contributed by atoms with Crippen LogP contribution < -0.4 is 10.6 Å². The molecule has 4 atom stereocenters. The molecule has 0 saturated carbocycles. The zero-order valence-corrected chi connectivity index (χ0v) is 21.5. The van der Waals surface area contributed by atoms with E-state index in [1.54, 1.807) is 0 Å². The predicted octanol–water partition coefficient (Wildman–Crippen LogP) is 5.16. The third kappa shape index (κ3) is 2.58. The minimum atomic E-state index is -1.42. The standard InChI is InChI=1S/C33H27N3O3/c1-19-12-15-26-24(17-19)33(31(39)35-26)32(23-9-4-5-10-25(23)34-30(32)38)28(27-11-6-16-36(27)33)29(37)22-14-13-20-7-2-3-8-21(20)18-22/h2-5,7-10,12-15,17-18,27-28H,6,11,16H2,1H3,(H,34,38)(H,35,39)/t27-,28+,32-,33-/m1/s1. The molecule has 4 aliphatic rings. The molecule has 0 radical (unpaired) electrons. The van der Waals surface area contributed by atoms with E-state index >= 15 is 0 Å². The van der Waals surface area contributed by atoms with E-state index in [4.69, 9.17) is 0 Å². The van der Waals surface area contributed by atoms with Gasteiger partial charge in [0.2, 0.25) is 5.91 Å². The largest absolute Gasteiger partial charge is 0.325 e. The molecular weight excluding hydrogens is 486 g/mol. The second-order valence-corrected chi connectivity index (χ2v) is 11.3. The van der Waals surface area contributed by atoms with Crippen LogP contribution in [0, 0.1) is 12.8 Å². The summed E-state index contributed by atoms with van der Waals surface area (Å²) in [5.41, 5.74) is 1.74. The van der Waals surface area contributed by atoms with Crippen LogP contribution in [0.15, 0.2) is 84.9 Å². The summed E-state index contributed by atoms with van der Waals surface area (Å²) in [7, 11) is 0. The van der Waals surface area contributed by atoms with E-state index in [0.717, 1.165) is 40.3 Å². The van der Waals surface area contributed by atoms with Gasteiger partial charge in [0.15, 0.2) is 5.78 Å². The van der Waals surface area contributed by atoms with Crippen LogP contribution in [0.5, 0.6) is 0 Å². The van der Waals surface area contributed by atoms with Crippen LogP contribution in [-0.2, 0) is 20.5 Å². The van der Waals surface area contributed by atoms with Gasteiger partial charge in [-0.05, 0) is 60.8 Å². The molecule has 4 aromatic rings. The first kappa shape index (κ1) is 22.7. The number of nitrogens with zero attached hydrogens (tertiary/aromatic N) is 1. The lowest BCUT2D eigenvalue weighted by molar-refractivity contribution is -0.137. The topological polar surface area (TPSA) is 78.5 Å². The Morgan fingerprint density at radius 3 is 2.44 bits per heavy atom. The van der Waals surface area contributed by atoms with Gasteiger partial charge in [-0.1, -0.05) is 72.3 Å². The fourth-order valence-corrected chi connectivity index (χ4v) is 8.21. The Bertz CT molecular complexity index is 1760. The van der Waals surface area contributed by atoms with Crippen LogP contribution in [-0.4, -0.2) is 35.1 Å². The van der Waals surface area contributed by atoms with Gasteiger partial charge in [-0.2, -0.15) is 0 Å². The van der Waals surface area contributed by atoms with Crippen LogP contribution in [0.4, 0.5) is 11.4 Å². The van der Waals surface area contributed by atoms with Gasteiger partial charge < -0.3 is 10.6 Å². The molecule has 2 fully saturated rings. The number of fused-ring (bicyclic) bond motifs is 8. The van der Waals surface area contributed by atoms with Gasteiger partial charge in [0.05, 0.1) is 5.92 Å². The van der Waals surface area contributed by atoms with Crippen molar-refractivity contribution in [3.05, 3.63) is 107 Å². The number of benzene rings is 4. The number of Topliss-reactive ketones (excluding diaryl/α,β-unsaturated/α-hetero) is 1. The molecule has 6 nitrogen and oxygen atoms in total. The summed E-state index contributed by atoms with van der Waals surface area (Å²) in [6.45, 7) is 2.64. The summed E-state index contributed by atoms with van der Waals surface area (Å²) >= 11 is 0. The lowest BCUT2D eigenvalue weighted by Crippen LogP contribution is -2.62. The zero-order valence-electron chi connectivity index (χ0n) is 21.5. The summed E-state index contributed by atoms with van der Waals surface area (Å²) in [6, 6.07) is 27.0. The molecule has 2 N–H and O–H groups in total. The predicted molar refractivity (Wildman–Crippen MR) is 150 cm³/mol. The summed E-state index contributed by atoms with van der Waals surface area (Å²) in [4.78, 5) is 46.1. The number of aryl methyl sites for hydroxylation is 1. The monoisotopic (exact) mass is 513 g/mol. The molecule has 0 unspecified atom stereocenters. The molecule has 2 amide bonds. The van der Waals surface area contributed by atoms with Gasteiger partial charge in [-0.25, -0.2) is 0 Å². The Hall–Kier alpha value is -4.29. The molecule has 4 heterocycles. The second kappa shape index (κ2) is 7.64. The number of carbonyl (C=O) groups is 3. The Balaban J connectivity index is 1.45. The van der Waals surface area contributed by atoms with Crippen molar-refractivity contribution < 1.29 is 14.4 Å². The summed E-state index contributed by atoms with van der Waals surface area (Å²) in [5.74, 6) is -1.32. The molecule has 39 heavy (non-hydrogen) atoms. The first-order valence-corrected chi connectivity index (χ1v) is 13.6. The molecule has 0 aromatic heterocycles. The van der Waals surface area contributed by atoms with Crippen molar-refractivity contribution in [2.24, 2.45) is 5.92 Å². The molecule has 4 aromatic carbocycles. The molecule has 2 spiro atoms. The fourth-order valence-electron chi connectivity index (χ4n) is 8.21. The first-order chi connectivity index (χ1) is 19.0. The maximum absolute atomic E-state index is 14.8. The smallest absolute Gasteiger partial charge is 0.251 e. The van der Waals surface area contributed by atoms with E-state index in [9.17, 15) is 14.4 Å². The molecule has 4 aliphatic heterocycles. The van der Waals surface area contributed by atoms with E-state index in [2.05, 4.69) is 15.5 Å². The highest BCUT2D eigenvalue weighted by molar-refractivity contribution is 6.21. The van der Waals surface area contributed by atoms with Gasteiger partial charge in [-0.3, -0.25) is 19.3 Å². The van der Waals surface area contributed by atoms with Gasteiger partial charge in [0, 0.05) is 28.5 Å². The fraction of sp³-hybridized carbons (Fsp3) is 0.242. The number of rotatable bonds is 2. The molecule has 8 rings (SSSR count). The quantitative estimate of drug-likeness (QED) is 0.363. The van der Waals surface area contributed by atoms with Crippen molar-refractivity contribution in [2.75, 3.05) is 17.2 Å². The van der Waals surface area contributed by atoms with Gasteiger partial charge in [0.25, 0.3) is 5.91 Å². The van der Waals surface area contributed by atoms with Crippen LogP contribution in [0.25, 0.3) is 10.8 Å². The first-order valence-electron chi connectivity index (χ1n) is 13.6. The van der Waals surface area contributed by atoms with E-state index in [-0.39, 0.29) is 23.6 Å². The molecular formula is C33H27N3O3. The molecule has 192 valence electrons. The number of carbonyl (C=O) groups excluding carboxylic acids is 3. The molecule has 2 saturated heterocycles. The van der Waals surface area contributed by atoms with Gasteiger partial charge in [-0.15, -0.1) is 0 Å². The van der Waals surface area contributed by atoms with E-state index < -0.39 is 16.9 Å². The molecule has 6 heteroatoms. The van der Waals surface area contributed by atoms with Crippen LogP contribution in [0.2, 0.25) is 0 Å². The van der Waals surface area contributed by atoms with Crippen molar-refractivity contribution >= 4 is 39.7 Å². The Morgan fingerprint density at radius 2 is 1.56 bits per heavy atom. The lowest BCUT2D eigenvalue weighted by Gasteiger charge is -2.43. The third-order valence-electron chi connectivity index (χ3n) is 9.57. The van der Waals surface area contributed by atoms with Crippen molar-refractivity contribution in [1.29, 1.82) is 0 Å². The van der Waals surface area contributed by atoms with Crippen molar-refractivity contribution in [2.45, 2.75) is 36.8 Å². The minimum absolute atomic E-state index is 0.0877. The summed E-state index contributed by atoms with van der Waals surface area (Å²) in [5, 5.41) is 8.26. The minimum Gasteiger partial charge on any atom is -0.325 e. The van der Waals surface area contributed by atoms with Crippen molar-refractivity contribution in [3.63, 3.8) is 0 Å². The Kier molecular flexibility index (Phi) is 4.44. The van der Waals surface area contributed by atoms with Crippen molar-refractivity contribution in [1.82, 2.24) is 4.90 Å². The maximum atomic E-state index is 14.8. The number of hydrogen-bond acceptors (Lipinski definition) is 4. The normalized spacial score (nSPS) is 28.5. The highest BCUT2D eigenvalue weighted by Gasteiger charge is 2.81. The van der Waals surface area contributed by atoms with Crippen LogP contribution >= 0.6 is 0 Å². The second-order valence-electron chi connectivity index (χ2n) is 11.3. The maximum Gasteiger partial charge on any atom is 0.251 e. The highest BCUT2D eigenvalue weighted by atomic mass is 16.2. The Morgan fingerprint density at radius 1 is 0.821 bits per heavy atom. The van der Waals surface area contributed by atoms with E-state index in [1.165, 1.54) is 0 Å². The number of anilines is 2. The van der Waals surface area contributed by atoms with E-state index in [0.29, 0.717) is 23.5 Å². The summed E-state index contributed by atoms with van der Waals surface area (Å²) in [6.07, 6.45) is 1.61.